The van der Waals surface area contributed by atoms with Crippen LogP contribution in [0.4, 0.5) is 4.39 Å². The highest BCUT2D eigenvalue weighted by atomic mass is 19.1. The standard InChI is InChI=1S/C7H10FNO/c8-7(6-1-2-6)3-4-9-5-10/h6-7H,1-4H2. The van der Waals surface area contributed by atoms with Crippen LogP contribution in [0.3, 0.4) is 0 Å². The van der Waals surface area contributed by atoms with Crippen LogP contribution < -0.4 is 0 Å². The first-order valence-corrected chi connectivity index (χ1v) is 3.52. The van der Waals surface area contributed by atoms with E-state index in [9.17, 15) is 9.18 Å². The third-order valence-electron chi connectivity index (χ3n) is 1.71. The number of hydrogen-bond acceptors (Lipinski definition) is 2. The van der Waals surface area contributed by atoms with E-state index in [1.165, 1.54) is 6.08 Å². The van der Waals surface area contributed by atoms with Crippen LogP contribution in [0.5, 0.6) is 0 Å². The highest BCUT2D eigenvalue weighted by Gasteiger charge is 2.30. The minimum absolute atomic E-state index is 0.266. The smallest absolute Gasteiger partial charge is 0.234 e. The van der Waals surface area contributed by atoms with Crippen molar-refractivity contribution in [2.24, 2.45) is 10.9 Å². The first kappa shape index (κ1) is 7.42. The average molecular weight is 143 g/mol. The Morgan fingerprint density at radius 1 is 1.70 bits per heavy atom. The van der Waals surface area contributed by atoms with Crippen LogP contribution in [0.25, 0.3) is 0 Å². The molecule has 10 heavy (non-hydrogen) atoms. The predicted octanol–water partition coefficient (Wildman–Crippen LogP) is 1.46. The van der Waals surface area contributed by atoms with Crippen molar-refractivity contribution in [3.05, 3.63) is 0 Å². The van der Waals surface area contributed by atoms with E-state index in [-0.39, 0.29) is 5.92 Å². The molecule has 1 fully saturated rings. The van der Waals surface area contributed by atoms with Crippen molar-refractivity contribution in [2.45, 2.75) is 25.4 Å². The predicted molar refractivity (Wildman–Crippen MR) is 35.2 cm³/mol. The molecule has 1 aliphatic carbocycles. The summed E-state index contributed by atoms with van der Waals surface area (Å²) in [6.45, 7) is 0.293. The van der Waals surface area contributed by atoms with Gasteiger partial charge in [-0.25, -0.2) is 14.2 Å². The molecular weight excluding hydrogens is 133 g/mol. The van der Waals surface area contributed by atoms with Gasteiger partial charge >= 0.3 is 0 Å². The fourth-order valence-electron chi connectivity index (χ4n) is 0.927. The number of hydrogen-bond donors (Lipinski definition) is 0. The Bertz CT molecular complexity index is 150. The molecule has 0 radical (unpaired) electrons. The van der Waals surface area contributed by atoms with E-state index in [2.05, 4.69) is 4.99 Å². The Morgan fingerprint density at radius 3 is 2.90 bits per heavy atom. The van der Waals surface area contributed by atoms with Gasteiger partial charge in [-0.1, -0.05) is 0 Å². The summed E-state index contributed by atoms with van der Waals surface area (Å²) >= 11 is 0. The molecule has 0 saturated heterocycles. The third kappa shape index (κ3) is 2.28. The third-order valence-corrected chi connectivity index (χ3v) is 1.71. The van der Waals surface area contributed by atoms with Gasteiger partial charge in [0.15, 0.2) is 0 Å². The molecule has 0 bridgehead atoms. The van der Waals surface area contributed by atoms with Crippen LogP contribution in [0.15, 0.2) is 4.99 Å². The van der Waals surface area contributed by atoms with Crippen LogP contribution in [0.2, 0.25) is 0 Å². The summed E-state index contributed by atoms with van der Waals surface area (Å²) in [4.78, 5) is 12.8. The van der Waals surface area contributed by atoms with Crippen molar-refractivity contribution in [3.63, 3.8) is 0 Å². The van der Waals surface area contributed by atoms with Crippen molar-refractivity contribution in [1.82, 2.24) is 0 Å². The molecule has 0 aromatic carbocycles. The molecule has 3 heteroatoms. The molecule has 2 nitrogen and oxygen atoms in total. The second kappa shape index (κ2) is 3.47. The second-order valence-electron chi connectivity index (χ2n) is 2.62. The van der Waals surface area contributed by atoms with Crippen LogP contribution in [-0.2, 0) is 4.79 Å². The maximum absolute atomic E-state index is 12.7. The zero-order chi connectivity index (χ0) is 7.40. The van der Waals surface area contributed by atoms with Crippen molar-refractivity contribution in [2.75, 3.05) is 6.54 Å². The summed E-state index contributed by atoms with van der Waals surface area (Å²) in [6.07, 6.45) is 3.05. The van der Waals surface area contributed by atoms with Crippen molar-refractivity contribution < 1.29 is 9.18 Å². The lowest BCUT2D eigenvalue weighted by atomic mass is 10.2. The van der Waals surface area contributed by atoms with E-state index >= 15 is 0 Å². The average Bonchev–Trinajstić information content (AvgIpc) is 2.69. The van der Waals surface area contributed by atoms with Crippen LogP contribution in [0, 0.1) is 5.92 Å². The molecule has 0 heterocycles. The Morgan fingerprint density at radius 2 is 2.40 bits per heavy atom. The van der Waals surface area contributed by atoms with Gasteiger partial charge in [0.2, 0.25) is 6.08 Å². The van der Waals surface area contributed by atoms with E-state index in [0.717, 1.165) is 12.8 Å². The minimum atomic E-state index is -0.739. The van der Waals surface area contributed by atoms with E-state index in [1.807, 2.05) is 0 Å². The topological polar surface area (TPSA) is 29.4 Å². The Kier molecular flexibility index (Phi) is 2.57. The molecule has 0 amide bonds. The highest BCUT2D eigenvalue weighted by Crippen LogP contribution is 2.35. The summed E-state index contributed by atoms with van der Waals surface area (Å²) in [6, 6.07) is 0. The van der Waals surface area contributed by atoms with Gasteiger partial charge in [-0.15, -0.1) is 0 Å². The van der Waals surface area contributed by atoms with Gasteiger partial charge in [0.25, 0.3) is 0 Å². The van der Waals surface area contributed by atoms with Gasteiger partial charge in [0.05, 0.1) is 6.54 Å². The summed E-state index contributed by atoms with van der Waals surface area (Å²) < 4.78 is 12.7. The van der Waals surface area contributed by atoms with Gasteiger partial charge in [0, 0.05) is 0 Å². The summed E-state index contributed by atoms with van der Waals surface area (Å²) in [5, 5.41) is 0. The molecule has 0 aliphatic heterocycles. The molecule has 0 spiro atoms. The van der Waals surface area contributed by atoms with Crippen molar-refractivity contribution in [1.29, 1.82) is 0 Å². The molecule has 0 N–H and O–H groups in total. The zero-order valence-electron chi connectivity index (χ0n) is 5.72. The minimum Gasteiger partial charge on any atom is -0.247 e. The van der Waals surface area contributed by atoms with E-state index < -0.39 is 6.17 Å². The molecule has 0 aromatic rings. The number of rotatable bonds is 4. The summed E-state index contributed by atoms with van der Waals surface area (Å²) in [5.74, 6) is 0.266. The van der Waals surface area contributed by atoms with E-state index in [0.29, 0.717) is 13.0 Å². The largest absolute Gasteiger partial charge is 0.247 e. The lowest BCUT2D eigenvalue weighted by molar-refractivity contribution is 0.283. The van der Waals surface area contributed by atoms with Crippen molar-refractivity contribution >= 4 is 6.08 Å². The maximum Gasteiger partial charge on any atom is 0.234 e. The first-order valence-electron chi connectivity index (χ1n) is 3.52. The quantitative estimate of drug-likeness (QED) is 0.432. The molecule has 0 aromatic heterocycles. The molecule has 56 valence electrons. The molecule has 1 aliphatic rings. The SMILES string of the molecule is O=C=NCCC(F)C1CC1. The Hall–Kier alpha value is -0.690. The molecule has 1 atom stereocenters. The van der Waals surface area contributed by atoms with Crippen LogP contribution in [0.1, 0.15) is 19.3 Å². The van der Waals surface area contributed by atoms with E-state index in [1.54, 1.807) is 0 Å². The second-order valence-corrected chi connectivity index (χ2v) is 2.62. The van der Waals surface area contributed by atoms with E-state index in [4.69, 9.17) is 0 Å². The number of aliphatic imine (C=N–C) groups is 1. The van der Waals surface area contributed by atoms with Gasteiger partial charge < -0.3 is 0 Å². The first-order chi connectivity index (χ1) is 4.84. The lowest BCUT2D eigenvalue weighted by Crippen LogP contribution is -2.03. The fraction of sp³-hybridized carbons (Fsp3) is 0.857. The molecular formula is C7H10FNO. The molecule has 1 saturated carbocycles. The van der Waals surface area contributed by atoms with Crippen molar-refractivity contribution in [3.8, 4) is 0 Å². The normalized spacial score (nSPS) is 19.7. The number of isocyanates is 1. The lowest BCUT2D eigenvalue weighted by Gasteiger charge is -2.00. The zero-order valence-corrected chi connectivity index (χ0v) is 5.72. The fourth-order valence-corrected chi connectivity index (χ4v) is 0.927. The van der Waals surface area contributed by atoms with Gasteiger partial charge in [-0.3, -0.25) is 0 Å². The Labute approximate surface area is 59.1 Å². The molecule has 1 rings (SSSR count). The van der Waals surface area contributed by atoms with Crippen LogP contribution >= 0.6 is 0 Å². The number of alkyl halides is 1. The summed E-state index contributed by atoms with van der Waals surface area (Å²) in [5.41, 5.74) is 0. The van der Waals surface area contributed by atoms with Crippen LogP contribution in [-0.4, -0.2) is 18.8 Å². The monoisotopic (exact) mass is 143 g/mol. The van der Waals surface area contributed by atoms with Gasteiger partial charge in [-0.2, -0.15) is 0 Å². The molecule has 1 unspecified atom stereocenters. The Balaban J connectivity index is 2.05. The number of halogens is 1. The van der Waals surface area contributed by atoms with Gasteiger partial charge in [-0.05, 0) is 25.2 Å². The van der Waals surface area contributed by atoms with Gasteiger partial charge in [0.1, 0.15) is 6.17 Å². The maximum atomic E-state index is 12.7. The number of carbonyl (C=O) groups excluding carboxylic acids is 1. The highest BCUT2D eigenvalue weighted by molar-refractivity contribution is 5.32. The summed E-state index contributed by atoms with van der Waals surface area (Å²) in [7, 11) is 0. The number of nitrogens with zero attached hydrogens (tertiary/aromatic N) is 1.